The Bertz CT molecular complexity index is 2820. The Labute approximate surface area is 278 Å². The summed E-state index contributed by atoms with van der Waals surface area (Å²) in [6, 6.07) is 66.3. The summed E-state index contributed by atoms with van der Waals surface area (Å²) in [5.41, 5.74) is 12.1. The predicted octanol–water partition coefficient (Wildman–Crippen LogP) is 12.4. The van der Waals surface area contributed by atoms with Crippen LogP contribution >= 0.6 is 0 Å². The minimum atomic E-state index is 1.16. The number of nitrogens with zero attached hydrogens (tertiary/aromatic N) is 2. The normalized spacial score (nSPS) is 11.8. The maximum atomic E-state index is 2.42. The second-order valence-corrected chi connectivity index (χ2v) is 12.6. The fourth-order valence-electron chi connectivity index (χ4n) is 7.61. The van der Waals surface area contributed by atoms with E-state index in [4.69, 9.17) is 0 Å². The Morgan fingerprint density at radius 2 is 0.771 bits per heavy atom. The number of hydrogen-bond acceptors (Lipinski definition) is 0. The van der Waals surface area contributed by atoms with E-state index >= 15 is 0 Å². The van der Waals surface area contributed by atoms with Crippen LogP contribution in [0.5, 0.6) is 0 Å². The van der Waals surface area contributed by atoms with Crippen LogP contribution in [0.3, 0.4) is 0 Å². The fourth-order valence-corrected chi connectivity index (χ4v) is 7.61. The lowest BCUT2D eigenvalue weighted by Crippen LogP contribution is -1.94. The van der Waals surface area contributed by atoms with Gasteiger partial charge in [0.25, 0.3) is 0 Å². The third kappa shape index (κ3) is 4.13. The van der Waals surface area contributed by atoms with Crippen LogP contribution in [0.2, 0.25) is 0 Å². The molecule has 0 radical (unpaired) electrons. The quantitative estimate of drug-likeness (QED) is 0.188. The molecule has 48 heavy (non-hydrogen) atoms. The van der Waals surface area contributed by atoms with Crippen molar-refractivity contribution in [3.05, 3.63) is 182 Å². The van der Waals surface area contributed by atoms with Crippen molar-refractivity contribution < 1.29 is 0 Å². The first-order chi connectivity index (χ1) is 23.8. The van der Waals surface area contributed by atoms with Crippen LogP contribution in [0.25, 0.3) is 88.0 Å². The largest absolute Gasteiger partial charge is 0.309 e. The van der Waals surface area contributed by atoms with E-state index in [0.717, 1.165) is 5.69 Å². The molecule has 0 unspecified atom stereocenters. The van der Waals surface area contributed by atoms with Gasteiger partial charge in [-0.15, -0.1) is 0 Å². The van der Waals surface area contributed by atoms with E-state index in [0.29, 0.717) is 0 Å². The van der Waals surface area contributed by atoms with Crippen molar-refractivity contribution in [1.82, 2.24) is 9.13 Å². The van der Waals surface area contributed by atoms with Crippen LogP contribution in [0.15, 0.2) is 182 Å². The summed E-state index contributed by atoms with van der Waals surface area (Å²) in [5.74, 6) is 0. The molecule has 0 aliphatic rings. The van der Waals surface area contributed by atoms with Crippen LogP contribution in [-0.2, 0) is 0 Å². The second kappa shape index (κ2) is 10.6. The summed E-state index contributed by atoms with van der Waals surface area (Å²) in [4.78, 5) is 0. The van der Waals surface area contributed by atoms with Gasteiger partial charge in [-0.2, -0.15) is 0 Å². The molecule has 2 nitrogen and oxygen atoms in total. The van der Waals surface area contributed by atoms with Gasteiger partial charge >= 0.3 is 0 Å². The molecule has 10 aromatic rings. The number of para-hydroxylation sites is 2. The van der Waals surface area contributed by atoms with Gasteiger partial charge in [-0.1, -0.05) is 127 Å². The van der Waals surface area contributed by atoms with E-state index in [2.05, 4.69) is 191 Å². The zero-order valence-electron chi connectivity index (χ0n) is 26.2. The molecule has 0 fully saturated rings. The van der Waals surface area contributed by atoms with Crippen LogP contribution in [0.4, 0.5) is 0 Å². The predicted molar refractivity (Wildman–Crippen MR) is 203 cm³/mol. The number of benzene rings is 8. The molecular weight excluding hydrogens is 581 g/mol. The highest BCUT2D eigenvalue weighted by atomic mass is 15.0. The van der Waals surface area contributed by atoms with Gasteiger partial charge in [-0.3, -0.25) is 0 Å². The summed E-state index contributed by atoms with van der Waals surface area (Å²) in [6.07, 6.45) is 0. The molecular formula is C46H30N2. The molecule has 0 spiro atoms. The SMILES string of the molecule is c1ccc(-c2ccc(-n3c4ccccc4c4cc(-c5ccc6c7ccccc7n(-c7ccc8ccccc8c7)c6c5)ccc43)cc2)cc1. The summed E-state index contributed by atoms with van der Waals surface area (Å²) in [6.45, 7) is 0. The van der Waals surface area contributed by atoms with Crippen molar-refractivity contribution in [2.24, 2.45) is 0 Å². The minimum Gasteiger partial charge on any atom is -0.309 e. The van der Waals surface area contributed by atoms with Crippen molar-refractivity contribution in [1.29, 1.82) is 0 Å². The molecule has 2 heteroatoms. The molecule has 10 rings (SSSR count). The summed E-state index contributed by atoms with van der Waals surface area (Å²) in [5, 5.41) is 7.54. The van der Waals surface area contributed by atoms with Gasteiger partial charge in [0.05, 0.1) is 22.1 Å². The third-order valence-corrected chi connectivity index (χ3v) is 9.90. The highest BCUT2D eigenvalue weighted by molar-refractivity contribution is 6.12. The molecule has 0 saturated heterocycles. The molecule has 0 bridgehead atoms. The van der Waals surface area contributed by atoms with Crippen LogP contribution in [-0.4, -0.2) is 9.13 Å². The lowest BCUT2D eigenvalue weighted by molar-refractivity contribution is 1.18. The summed E-state index contributed by atoms with van der Waals surface area (Å²) in [7, 11) is 0. The van der Waals surface area contributed by atoms with Gasteiger partial charge in [0.2, 0.25) is 0 Å². The van der Waals surface area contributed by atoms with E-state index in [9.17, 15) is 0 Å². The van der Waals surface area contributed by atoms with Gasteiger partial charge in [0.15, 0.2) is 0 Å². The average molecular weight is 611 g/mol. The van der Waals surface area contributed by atoms with Crippen LogP contribution in [0, 0.1) is 0 Å². The number of hydrogen-bond donors (Lipinski definition) is 0. The van der Waals surface area contributed by atoms with Crippen molar-refractivity contribution in [2.75, 3.05) is 0 Å². The number of fused-ring (bicyclic) bond motifs is 7. The molecule has 0 N–H and O–H groups in total. The topological polar surface area (TPSA) is 9.86 Å². The van der Waals surface area contributed by atoms with Gasteiger partial charge < -0.3 is 9.13 Å². The fraction of sp³-hybridized carbons (Fsp3) is 0. The number of rotatable bonds is 4. The van der Waals surface area contributed by atoms with E-state index in [1.165, 1.54) is 82.3 Å². The molecule has 0 atom stereocenters. The van der Waals surface area contributed by atoms with Crippen molar-refractivity contribution in [3.8, 4) is 33.6 Å². The Morgan fingerprint density at radius 1 is 0.250 bits per heavy atom. The van der Waals surface area contributed by atoms with Gasteiger partial charge in [-0.05, 0) is 87.6 Å². The van der Waals surface area contributed by atoms with Crippen molar-refractivity contribution in [3.63, 3.8) is 0 Å². The Hall–Kier alpha value is -6.38. The minimum absolute atomic E-state index is 1.16. The molecule has 8 aromatic carbocycles. The average Bonchev–Trinajstić information content (AvgIpc) is 3.67. The Balaban J connectivity index is 1.14. The molecule has 0 amide bonds. The van der Waals surface area contributed by atoms with Crippen LogP contribution < -0.4 is 0 Å². The zero-order valence-corrected chi connectivity index (χ0v) is 26.2. The first kappa shape index (κ1) is 26.8. The lowest BCUT2D eigenvalue weighted by Gasteiger charge is -2.11. The standard InChI is InChI=1S/C46H30N2/c1-2-10-31(11-3-1)33-18-23-37(24-19-33)47-44-17-9-7-15-40(44)42-29-35(22-27-45(42)47)36-21-26-41-39-14-6-8-16-43(39)48(46(41)30-36)38-25-20-32-12-4-5-13-34(32)28-38/h1-30H. The molecule has 2 aromatic heterocycles. The Kier molecular flexibility index (Phi) is 5.91. The summed E-state index contributed by atoms with van der Waals surface area (Å²) < 4.78 is 4.81. The maximum Gasteiger partial charge on any atom is 0.0547 e. The van der Waals surface area contributed by atoms with Crippen molar-refractivity contribution >= 4 is 54.4 Å². The van der Waals surface area contributed by atoms with Gasteiger partial charge in [0, 0.05) is 32.9 Å². The lowest BCUT2D eigenvalue weighted by atomic mass is 10.0. The Morgan fingerprint density at radius 3 is 1.56 bits per heavy atom. The zero-order chi connectivity index (χ0) is 31.6. The monoisotopic (exact) mass is 610 g/mol. The maximum absolute atomic E-state index is 2.42. The summed E-state index contributed by atoms with van der Waals surface area (Å²) >= 11 is 0. The molecule has 224 valence electrons. The first-order valence-electron chi connectivity index (χ1n) is 16.5. The van der Waals surface area contributed by atoms with E-state index in [1.54, 1.807) is 0 Å². The van der Waals surface area contributed by atoms with Gasteiger partial charge in [-0.25, -0.2) is 0 Å². The molecule has 0 aliphatic carbocycles. The smallest absolute Gasteiger partial charge is 0.0547 e. The second-order valence-electron chi connectivity index (χ2n) is 12.6. The highest BCUT2D eigenvalue weighted by Crippen LogP contribution is 2.38. The third-order valence-electron chi connectivity index (χ3n) is 9.90. The van der Waals surface area contributed by atoms with E-state index in [1.807, 2.05) is 0 Å². The van der Waals surface area contributed by atoms with Gasteiger partial charge in [0.1, 0.15) is 0 Å². The molecule has 0 aliphatic heterocycles. The molecule has 0 saturated carbocycles. The number of aromatic nitrogens is 2. The van der Waals surface area contributed by atoms with E-state index < -0.39 is 0 Å². The molecule has 2 heterocycles. The highest BCUT2D eigenvalue weighted by Gasteiger charge is 2.16. The van der Waals surface area contributed by atoms with E-state index in [-0.39, 0.29) is 0 Å². The van der Waals surface area contributed by atoms with Crippen molar-refractivity contribution in [2.45, 2.75) is 0 Å². The first-order valence-corrected chi connectivity index (χ1v) is 16.5. The van der Waals surface area contributed by atoms with Crippen LogP contribution in [0.1, 0.15) is 0 Å².